The first kappa shape index (κ1) is 14.2. The standard InChI is InChI=1S/C11H12N4O4S/c12-20(18,19)9-4-2-1-3-7(9)13-11(17)8-5-6-10(16)15-14-8/h1-4H,5-6H2,(H,13,17)(H,15,16)(H2,12,18,19). The van der Waals surface area contributed by atoms with Crippen molar-refractivity contribution in [1.29, 1.82) is 0 Å². The van der Waals surface area contributed by atoms with Gasteiger partial charge >= 0.3 is 0 Å². The number of nitrogens with one attached hydrogen (secondary N) is 2. The average Bonchev–Trinajstić information content (AvgIpc) is 2.38. The second-order valence-corrected chi connectivity index (χ2v) is 5.62. The first-order valence-electron chi connectivity index (χ1n) is 5.66. The minimum Gasteiger partial charge on any atom is -0.320 e. The number of nitrogens with zero attached hydrogens (tertiary/aromatic N) is 1. The summed E-state index contributed by atoms with van der Waals surface area (Å²) in [7, 11) is -3.94. The molecule has 106 valence electrons. The Labute approximate surface area is 115 Å². The third kappa shape index (κ3) is 3.19. The van der Waals surface area contributed by atoms with Gasteiger partial charge in [0.15, 0.2) is 0 Å². The number of carbonyl (C=O) groups is 2. The lowest BCUT2D eigenvalue weighted by atomic mass is 10.1. The van der Waals surface area contributed by atoms with E-state index in [1.807, 2.05) is 0 Å². The zero-order valence-electron chi connectivity index (χ0n) is 10.3. The lowest BCUT2D eigenvalue weighted by molar-refractivity contribution is -0.121. The van der Waals surface area contributed by atoms with Crippen LogP contribution in [0, 0.1) is 0 Å². The molecule has 9 heteroatoms. The molecule has 20 heavy (non-hydrogen) atoms. The number of carbonyl (C=O) groups excluding carboxylic acids is 2. The predicted octanol–water partition coefficient (Wildman–Crippen LogP) is -0.462. The number of amides is 2. The molecule has 0 radical (unpaired) electrons. The maximum absolute atomic E-state index is 11.9. The number of nitrogens with two attached hydrogens (primary N) is 1. The molecule has 2 amide bonds. The topological polar surface area (TPSA) is 131 Å². The van der Waals surface area contributed by atoms with Crippen LogP contribution >= 0.6 is 0 Å². The predicted molar refractivity (Wildman–Crippen MR) is 71.3 cm³/mol. The van der Waals surface area contributed by atoms with Crippen LogP contribution in [0.2, 0.25) is 0 Å². The van der Waals surface area contributed by atoms with E-state index in [4.69, 9.17) is 5.14 Å². The van der Waals surface area contributed by atoms with Crippen molar-refractivity contribution in [1.82, 2.24) is 5.43 Å². The molecule has 0 saturated heterocycles. The minimum atomic E-state index is -3.94. The Balaban J connectivity index is 2.23. The Bertz CT molecular complexity index is 696. The van der Waals surface area contributed by atoms with Gasteiger partial charge in [-0.25, -0.2) is 19.0 Å². The van der Waals surface area contributed by atoms with E-state index in [-0.39, 0.29) is 35.0 Å². The van der Waals surface area contributed by atoms with Gasteiger partial charge in [-0.1, -0.05) is 12.1 Å². The summed E-state index contributed by atoms with van der Waals surface area (Å²) in [6, 6.07) is 5.76. The molecule has 0 spiro atoms. The van der Waals surface area contributed by atoms with Crippen LogP contribution in [0.3, 0.4) is 0 Å². The Kier molecular flexibility index (Phi) is 3.81. The van der Waals surface area contributed by atoms with E-state index in [0.717, 1.165) is 0 Å². The van der Waals surface area contributed by atoms with Crippen molar-refractivity contribution in [3.8, 4) is 0 Å². The number of para-hydroxylation sites is 1. The van der Waals surface area contributed by atoms with Crippen molar-refractivity contribution in [2.24, 2.45) is 10.2 Å². The Morgan fingerprint density at radius 3 is 2.60 bits per heavy atom. The second kappa shape index (κ2) is 5.39. The molecule has 0 aliphatic carbocycles. The number of sulfonamides is 1. The molecule has 1 aliphatic heterocycles. The molecule has 2 rings (SSSR count). The van der Waals surface area contributed by atoms with Gasteiger partial charge in [-0.3, -0.25) is 9.59 Å². The zero-order valence-corrected chi connectivity index (χ0v) is 11.1. The number of primary sulfonamides is 1. The quantitative estimate of drug-likeness (QED) is 0.696. The maximum atomic E-state index is 11.9. The lowest BCUT2D eigenvalue weighted by Gasteiger charge is -2.13. The van der Waals surface area contributed by atoms with E-state index in [9.17, 15) is 18.0 Å². The molecule has 0 fully saturated rings. The summed E-state index contributed by atoms with van der Waals surface area (Å²) in [5, 5.41) is 11.1. The van der Waals surface area contributed by atoms with E-state index in [2.05, 4.69) is 15.8 Å². The molecule has 0 aromatic heterocycles. The van der Waals surface area contributed by atoms with Crippen LogP contribution in [-0.2, 0) is 19.6 Å². The normalized spacial score (nSPS) is 15.2. The molecule has 1 aliphatic rings. The van der Waals surface area contributed by atoms with Gasteiger partial charge in [-0.05, 0) is 12.1 Å². The Hall–Kier alpha value is -2.26. The van der Waals surface area contributed by atoms with Crippen molar-refractivity contribution in [3.05, 3.63) is 24.3 Å². The van der Waals surface area contributed by atoms with Crippen LogP contribution < -0.4 is 15.9 Å². The van der Waals surface area contributed by atoms with Crippen molar-refractivity contribution >= 4 is 33.2 Å². The molecule has 1 heterocycles. The van der Waals surface area contributed by atoms with Crippen LogP contribution in [0.4, 0.5) is 5.69 Å². The Morgan fingerprint density at radius 1 is 1.30 bits per heavy atom. The first-order valence-corrected chi connectivity index (χ1v) is 7.21. The molecule has 8 nitrogen and oxygen atoms in total. The zero-order chi connectivity index (χ0) is 14.8. The molecule has 4 N–H and O–H groups in total. The highest BCUT2D eigenvalue weighted by Crippen LogP contribution is 2.19. The largest absolute Gasteiger partial charge is 0.320 e. The van der Waals surface area contributed by atoms with Crippen molar-refractivity contribution in [2.45, 2.75) is 17.7 Å². The summed E-state index contributed by atoms with van der Waals surface area (Å²) in [6.45, 7) is 0. The minimum absolute atomic E-state index is 0.0691. The molecule has 1 aromatic rings. The summed E-state index contributed by atoms with van der Waals surface area (Å²) in [5.74, 6) is -0.854. The van der Waals surface area contributed by atoms with Crippen LogP contribution in [0.5, 0.6) is 0 Å². The fraction of sp³-hybridized carbons (Fsp3) is 0.182. The number of anilines is 1. The summed E-state index contributed by atoms with van der Waals surface area (Å²) >= 11 is 0. The highest BCUT2D eigenvalue weighted by molar-refractivity contribution is 7.89. The van der Waals surface area contributed by atoms with Crippen molar-refractivity contribution < 1.29 is 18.0 Å². The number of rotatable bonds is 3. The molecule has 0 atom stereocenters. The highest BCUT2D eigenvalue weighted by Gasteiger charge is 2.21. The van der Waals surface area contributed by atoms with Crippen LogP contribution in [-0.4, -0.2) is 25.9 Å². The van der Waals surface area contributed by atoms with Gasteiger partial charge in [0.1, 0.15) is 10.6 Å². The second-order valence-electron chi connectivity index (χ2n) is 4.09. The van der Waals surface area contributed by atoms with Gasteiger partial charge in [0.2, 0.25) is 15.9 Å². The fourth-order valence-electron chi connectivity index (χ4n) is 1.65. The van der Waals surface area contributed by atoms with Gasteiger partial charge in [0, 0.05) is 12.8 Å². The smallest absolute Gasteiger partial charge is 0.271 e. The molecule has 0 saturated carbocycles. The summed E-state index contributed by atoms with van der Waals surface area (Å²) in [5.41, 5.74) is 2.38. The van der Waals surface area contributed by atoms with E-state index in [0.29, 0.717) is 0 Å². The molecular formula is C11H12N4O4S. The van der Waals surface area contributed by atoms with Gasteiger partial charge in [0.05, 0.1) is 5.69 Å². The SMILES string of the molecule is NS(=O)(=O)c1ccccc1NC(=O)C1=NNC(=O)CC1. The van der Waals surface area contributed by atoms with E-state index >= 15 is 0 Å². The van der Waals surface area contributed by atoms with E-state index < -0.39 is 15.9 Å². The van der Waals surface area contributed by atoms with Crippen molar-refractivity contribution in [2.75, 3.05) is 5.32 Å². The van der Waals surface area contributed by atoms with Crippen LogP contribution in [0.1, 0.15) is 12.8 Å². The van der Waals surface area contributed by atoms with Gasteiger partial charge in [-0.15, -0.1) is 0 Å². The monoisotopic (exact) mass is 296 g/mol. The third-order valence-corrected chi connectivity index (χ3v) is 3.58. The maximum Gasteiger partial charge on any atom is 0.271 e. The van der Waals surface area contributed by atoms with Gasteiger partial charge in [-0.2, -0.15) is 5.10 Å². The van der Waals surface area contributed by atoms with Gasteiger partial charge < -0.3 is 5.32 Å². The molecule has 0 bridgehead atoms. The van der Waals surface area contributed by atoms with Crippen molar-refractivity contribution in [3.63, 3.8) is 0 Å². The molecular weight excluding hydrogens is 284 g/mol. The third-order valence-electron chi connectivity index (χ3n) is 2.61. The van der Waals surface area contributed by atoms with E-state index in [1.54, 1.807) is 6.07 Å². The fourth-order valence-corrected chi connectivity index (χ4v) is 2.34. The number of benzene rings is 1. The lowest BCUT2D eigenvalue weighted by Crippen LogP contribution is -2.33. The summed E-state index contributed by atoms with van der Waals surface area (Å²) < 4.78 is 22.8. The number of hydrogen-bond acceptors (Lipinski definition) is 5. The van der Waals surface area contributed by atoms with Crippen LogP contribution in [0.25, 0.3) is 0 Å². The molecule has 1 aromatic carbocycles. The Morgan fingerprint density at radius 2 is 2.00 bits per heavy atom. The molecule has 0 unspecified atom stereocenters. The average molecular weight is 296 g/mol. The number of hydrazone groups is 1. The highest BCUT2D eigenvalue weighted by atomic mass is 32.2. The van der Waals surface area contributed by atoms with Gasteiger partial charge in [0.25, 0.3) is 5.91 Å². The first-order chi connectivity index (χ1) is 9.38. The summed E-state index contributed by atoms with van der Waals surface area (Å²) in [6.07, 6.45) is 0.346. The van der Waals surface area contributed by atoms with Crippen LogP contribution in [0.15, 0.2) is 34.3 Å². The van der Waals surface area contributed by atoms with E-state index in [1.165, 1.54) is 18.2 Å². The summed E-state index contributed by atoms with van der Waals surface area (Å²) in [4.78, 5) is 22.7. The number of hydrogen-bond donors (Lipinski definition) is 3.